The molecule has 0 unspecified atom stereocenters. The number of ether oxygens (including phenoxy) is 1. The van der Waals surface area contributed by atoms with Crippen LogP contribution in [0.5, 0.6) is 0 Å². The van der Waals surface area contributed by atoms with Crippen LogP contribution in [-0.2, 0) is 14.9 Å². The zero-order valence-electron chi connectivity index (χ0n) is 15.6. The van der Waals surface area contributed by atoms with Crippen LogP contribution in [0.3, 0.4) is 0 Å². The van der Waals surface area contributed by atoms with Gasteiger partial charge in [-0.15, -0.1) is 0 Å². The van der Waals surface area contributed by atoms with E-state index in [2.05, 4.69) is 69.3 Å². The van der Waals surface area contributed by atoms with E-state index in [9.17, 15) is 4.79 Å². The summed E-state index contributed by atoms with van der Waals surface area (Å²) in [4.78, 5) is 11.3. The number of rotatable bonds is 5. The van der Waals surface area contributed by atoms with Gasteiger partial charge in [-0.1, -0.05) is 55.8 Å². The average molecular weight is 334 g/mol. The number of carbonyl (C=O) groups excluding carboxylic acids is 1. The van der Waals surface area contributed by atoms with Gasteiger partial charge in [0.15, 0.2) is 0 Å². The normalized spacial score (nSPS) is 11.8. The van der Waals surface area contributed by atoms with Gasteiger partial charge in [0.05, 0.1) is 7.11 Å². The molecule has 0 bridgehead atoms. The van der Waals surface area contributed by atoms with Gasteiger partial charge in [-0.2, -0.15) is 0 Å². The molecule has 0 aromatic heterocycles. The monoisotopic (exact) mass is 334 g/mol. The molecule has 3 rings (SSSR count). The first-order valence-electron chi connectivity index (χ1n) is 8.90. The number of benzene rings is 3. The smallest absolute Gasteiger partial charge is 0.305 e. The summed E-state index contributed by atoms with van der Waals surface area (Å²) in [6, 6.07) is 17.9. The fourth-order valence-corrected chi connectivity index (χ4v) is 3.46. The molecule has 2 heteroatoms. The molecule has 0 N–H and O–H groups in total. The highest BCUT2D eigenvalue weighted by atomic mass is 16.5. The Balaban J connectivity index is 1.91. The van der Waals surface area contributed by atoms with E-state index < -0.39 is 0 Å². The van der Waals surface area contributed by atoms with Crippen LogP contribution in [0.4, 0.5) is 0 Å². The molecule has 130 valence electrons. The van der Waals surface area contributed by atoms with E-state index in [0.29, 0.717) is 6.42 Å². The van der Waals surface area contributed by atoms with E-state index in [1.165, 1.54) is 39.8 Å². The minimum atomic E-state index is -0.129. The molecule has 0 spiro atoms. The molecule has 0 aliphatic heterocycles. The van der Waals surface area contributed by atoms with Crippen LogP contribution in [0.25, 0.3) is 21.5 Å². The van der Waals surface area contributed by atoms with Crippen LogP contribution >= 0.6 is 0 Å². The fourth-order valence-electron chi connectivity index (χ4n) is 3.46. The van der Waals surface area contributed by atoms with Crippen LogP contribution in [0.2, 0.25) is 0 Å². The second kappa shape index (κ2) is 6.87. The Hall–Kier alpha value is -2.35. The molecule has 0 saturated heterocycles. The standard InChI is InChI=1S/C23H26O2/c1-16-7-8-17-13-18-9-10-21(15-20(18)14-19(17)12-16)23(2,3)11-5-6-22(24)25-4/h7-10,12-15H,5-6,11H2,1-4H3. The molecule has 3 aromatic carbocycles. The molecular formula is C23H26O2. The van der Waals surface area contributed by atoms with Crippen molar-refractivity contribution in [1.82, 2.24) is 0 Å². The van der Waals surface area contributed by atoms with Crippen molar-refractivity contribution in [3.05, 3.63) is 59.7 Å². The van der Waals surface area contributed by atoms with Crippen molar-refractivity contribution in [2.24, 2.45) is 0 Å². The molecule has 0 aliphatic carbocycles. The molecule has 0 atom stereocenters. The average Bonchev–Trinajstić information content (AvgIpc) is 2.59. The van der Waals surface area contributed by atoms with Gasteiger partial charge in [0, 0.05) is 6.42 Å². The van der Waals surface area contributed by atoms with Gasteiger partial charge in [-0.05, 0) is 64.4 Å². The maximum Gasteiger partial charge on any atom is 0.305 e. The van der Waals surface area contributed by atoms with E-state index in [-0.39, 0.29) is 11.4 Å². The molecule has 3 aromatic rings. The fraction of sp³-hybridized carbons (Fsp3) is 0.348. The van der Waals surface area contributed by atoms with Crippen LogP contribution < -0.4 is 0 Å². The number of hydrogen-bond acceptors (Lipinski definition) is 2. The molecule has 0 aliphatic rings. The SMILES string of the molecule is COC(=O)CCCC(C)(C)c1ccc2cc3ccc(C)cc3cc2c1. The van der Waals surface area contributed by atoms with Crippen molar-refractivity contribution in [3.63, 3.8) is 0 Å². The zero-order chi connectivity index (χ0) is 18.0. The van der Waals surface area contributed by atoms with Crippen LogP contribution in [-0.4, -0.2) is 13.1 Å². The Labute approximate surface area is 149 Å². The van der Waals surface area contributed by atoms with E-state index >= 15 is 0 Å². The second-order valence-electron chi connectivity index (χ2n) is 7.58. The van der Waals surface area contributed by atoms with Crippen molar-refractivity contribution >= 4 is 27.5 Å². The van der Waals surface area contributed by atoms with E-state index in [1.54, 1.807) is 0 Å². The summed E-state index contributed by atoms with van der Waals surface area (Å²) in [5.74, 6) is -0.129. The number of methoxy groups -OCH3 is 1. The minimum absolute atomic E-state index is 0.0315. The van der Waals surface area contributed by atoms with Gasteiger partial charge in [-0.3, -0.25) is 4.79 Å². The van der Waals surface area contributed by atoms with Gasteiger partial charge in [0.1, 0.15) is 0 Å². The van der Waals surface area contributed by atoms with Gasteiger partial charge in [0.2, 0.25) is 0 Å². The molecule has 0 heterocycles. The quantitative estimate of drug-likeness (QED) is 0.427. The summed E-state index contributed by atoms with van der Waals surface area (Å²) in [5, 5.41) is 5.11. The first-order valence-corrected chi connectivity index (χ1v) is 8.90. The van der Waals surface area contributed by atoms with Gasteiger partial charge < -0.3 is 4.74 Å². The first kappa shape index (κ1) is 17.5. The molecule has 0 radical (unpaired) electrons. The Bertz CT molecular complexity index is 922. The van der Waals surface area contributed by atoms with Crippen molar-refractivity contribution in [3.8, 4) is 0 Å². The van der Waals surface area contributed by atoms with E-state index in [0.717, 1.165) is 12.8 Å². The third kappa shape index (κ3) is 3.84. The Morgan fingerprint density at radius 2 is 1.56 bits per heavy atom. The minimum Gasteiger partial charge on any atom is -0.469 e. The van der Waals surface area contributed by atoms with Gasteiger partial charge in [-0.25, -0.2) is 0 Å². The molecule has 2 nitrogen and oxygen atoms in total. The lowest BCUT2D eigenvalue weighted by Gasteiger charge is -2.25. The predicted octanol–water partition coefficient (Wildman–Crippen LogP) is 5.92. The molecule has 0 saturated carbocycles. The molecule has 0 amide bonds. The maximum atomic E-state index is 11.3. The molecule has 25 heavy (non-hydrogen) atoms. The Kier molecular flexibility index (Phi) is 4.80. The summed E-state index contributed by atoms with van der Waals surface area (Å²) in [6.45, 7) is 6.62. The predicted molar refractivity (Wildman–Crippen MR) is 105 cm³/mol. The van der Waals surface area contributed by atoms with Gasteiger partial charge in [0.25, 0.3) is 0 Å². The second-order valence-corrected chi connectivity index (χ2v) is 7.58. The number of carbonyl (C=O) groups is 1. The summed E-state index contributed by atoms with van der Waals surface area (Å²) in [7, 11) is 1.45. The Morgan fingerprint density at radius 3 is 2.28 bits per heavy atom. The first-order chi connectivity index (χ1) is 11.9. The summed E-state index contributed by atoms with van der Waals surface area (Å²) in [6.07, 6.45) is 2.28. The third-order valence-electron chi connectivity index (χ3n) is 5.14. The highest BCUT2D eigenvalue weighted by Gasteiger charge is 2.21. The Morgan fingerprint density at radius 1 is 0.920 bits per heavy atom. The molecule has 0 fully saturated rings. The van der Waals surface area contributed by atoms with Crippen LogP contribution in [0, 0.1) is 6.92 Å². The summed E-state index contributed by atoms with van der Waals surface area (Å²) < 4.78 is 4.74. The van der Waals surface area contributed by atoms with Crippen LogP contribution in [0.15, 0.2) is 48.5 Å². The summed E-state index contributed by atoms with van der Waals surface area (Å²) in [5.41, 5.74) is 2.63. The van der Waals surface area contributed by atoms with Gasteiger partial charge >= 0.3 is 5.97 Å². The third-order valence-corrected chi connectivity index (χ3v) is 5.14. The highest BCUT2D eigenvalue weighted by molar-refractivity contribution is 5.98. The topological polar surface area (TPSA) is 26.3 Å². The van der Waals surface area contributed by atoms with E-state index in [4.69, 9.17) is 4.74 Å². The van der Waals surface area contributed by atoms with Crippen LogP contribution in [0.1, 0.15) is 44.2 Å². The lowest BCUT2D eigenvalue weighted by atomic mass is 9.79. The number of fused-ring (bicyclic) bond motifs is 2. The maximum absolute atomic E-state index is 11.3. The lowest BCUT2D eigenvalue weighted by Crippen LogP contribution is -2.17. The van der Waals surface area contributed by atoms with Crippen molar-refractivity contribution in [2.45, 2.75) is 45.4 Å². The largest absolute Gasteiger partial charge is 0.469 e. The van der Waals surface area contributed by atoms with Crippen molar-refractivity contribution < 1.29 is 9.53 Å². The summed E-state index contributed by atoms with van der Waals surface area (Å²) >= 11 is 0. The lowest BCUT2D eigenvalue weighted by molar-refractivity contribution is -0.140. The number of esters is 1. The van der Waals surface area contributed by atoms with Crippen molar-refractivity contribution in [1.29, 1.82) is 0 Å². The van der Waals surface area contributed by atoms with E-state index in [1.807, 2.05) is 0 Å². The zero-order valence-corrected chi connectivity index (χ0v) is 15.6. The molecular weight excluding hydrogens is 308 g/mol. The van der Waals surface area contributed by atoms with Crippen molar-refractivity contribution in [2.75, 3.05) is 7.11 Å². The number of aryl methyl sites for hydroxylation is 1. The number of hydrogen-bond donors (Lipinski definition) is 0. The highest BCUT2D eigenvalue weighted by Crippen LogP contribution is 2.32.